The van der Waals surface area contributed by atoms with Crippen molar-refractivity contribution in [3.63, 3.8) is 0 Å². The lowest BCUT2D eigenvalue weighted by molar-refractivity contribution is 0.102. The molecule has 0 atom stereocenters. The molecule has 28 heavy (non-hydrogen) atoms. The molecule has 2 aromatic heterocycles. The highest BCUT2D eigenvalue weighted by Crippen LogP contribution is 2.39. The van der Waals surface area contributed by atoms with E-state index in [0.29, 0.717) is 0 Å². The fraction of sp³-hybridized carbons (Fsp3) is 0.261. The summed E-state index contributed by atoms with van der Waals surface area (Å²) in [5.41, 5.74) is 3.67. The molecule has 0 radical (unpaired) electrons. The Hall–Kier alpha value is -2.79. The van der Waals surface area contributed by atoms with Crippen LogP contribution in [0.4, 0.5) is 10.7 Å². The maximum Gasteiger partial charge on any atom is 0.259 e. The van der Waals surface area contributed by atoms with E-state index in [2.05, 4.69) is 10.3 Å². The highest BCUT2D eigenvalue weighted by Gasteiger charge is 2.24. The van der Waals surface area contributed by atoms with E-state index in [1.807, 2.05) is 42.5 Å². The van der Waals surface area contributed by atoms with Gasteiger partial charge in [0.15, 0.2) is 0 Å². The lowest BCUT2D eigenvalue weighted by atomic mass is 9.96. The van der Waals surface area contributed by atoms with Gasteiger partial charge in [0.1, 0.15) is 5.00 Å². The molecule has 0 spiro atoms. The second kappa shape index (κ2) is 8.93. The maximum atomic E-state index is 13.2. The van der Waals surface area contributed by atoms with Gasteiger partial charge in [0.25, 0.3) is 5.91 Å². The number of rotatable bonds is 4. The van der Waals surface area contributed by atoms with Crippen molar-refractivity contribution in [3.8, 4) is 0 Å². The Kier molecular flexibility index (Phi) is 5.92. The number of nitrogens with zero attached hydrogens (tertiary/aromatic N) is 2. The van der Waals surface area contributed by atoms with Gasteiger partial charge in [0.2, 0.25) is 0 Å². The van der Waals surface area contributed by atoms with Gasteiger partial charge in [-0.1, -0.05) is 37.1 Å². The number of carbonyl (C=O) groups is 1. The molecule has 1 amide bonds. The van der Waals surface area contributed by atoms with Crippen LogP contribution in [-0.2, 0) is 12.8 Å². The van der Waals surface area contributed by atoms with Crippen molar-refractivity contribution in [1.29, 1.82) is 0 Å². The number of aromatic nitrogens is 1. The quantitative estimate of drug-likeness (QED) is 0.573. The lowest BCUT2D eigenvalue weighted by Gasteiger charge is -2.12. The SMILES string of the molecule is O=C(Nc1ccccc1)c1c(N=Cc2cccnc2)sc2c1CCCCCC2. The number of fused-ring (bicyclic) bond motifs is 1. The molecular weight excluding hydrogens is 366 g/mol. The Morgan fingerprint density at radius 1 is 1.04 bits per heavy atom. The summed E-state index contributed by atoms with van der Waals surface area (Å²) in [4.78, 5) is 23.3. The van der Waals surface area contributed by atoms with Gasteiger partial charge in [-0.05, 0) is 49.4 Å². The molecule has 0 fully saturated rings. The first-order valence-corrected chi connectivity index (χ1v) is 10.6. The third-order valence-electron chi connectivity index (χ3n) is 4.93. The third-order valence-corrected chi connectivity index (χ3v) is 6.13. The van der Waals surface area contributed by atoms with Crippen LogP contribution < -0.4 is 5.32 Å². The van der Waals surface area contributed by atoms with Crippen LogP contribution in [0, 0.1) is 0 Å². The van der Waals surface area contributed by atoms with E-state index in [1.54, 1.807) is 29.9 Å². The number of hydrogen-bond acceptors (Lipinski definition) is 4. The molecule has 0 unspecified atom stereocenters. The number of amides is 1. The minimum atomic E-state index is -0.0670. The zero-order chi connectivity index (χ0) is 19.2. The Morgan fingerprint density at radius 2 is 1.86 bits per heavy atom. The second-order valence-corrected chi connectivity index (χ2v) is 8.05. The van der Waals surface area contributed by atoms with Crippen LogP contribution in [0.15, 0.2) is 59.9 Å². The molecule has 0 aliphatic heterocycles. The molecule has 2 heterocycles. The highest BCUT2D eigenvalue weighted by atomic mass is 32.1. The number of para-hydroxylation sites is 1. The van der Waals surface area contributed by atoms with E-state index in [-0.39, 0.29) is 5.91 Å². The number of anilines is 1. The smallest absolute Gasteiger partial charge is 0.259 e. The molecule has 0 saturated carbocycles. The number of hydrogen-bond donors (Lipinski definition) is 1. The third kappa shape index (κ3) is 4.37. The van der Waals surface area contributed by atoms with Crippen LogP contribution in [0.5, 0.6) is 0 Å². The minimum Gasteiger partial charge on any atom is -0.322 e. The van der Waals surface area contributed by atoms with E-state index in [9.17, 15) is 4.79 Å². The summed E-state index contributed by atoms with van der Waals surface area (Å²) in [6, 6.07) is 13.5. The summed E-state index contributed by atoms with van der Waals surface area (Å²) >= 11 is 1.66. The summed E-state index contributed by atoms with van der Waals surface area (Å²) in [7, 11) is 0. The summed E-state index contributed by atoms with van der Waals surface area (Å²) in [5, 5.41) is 3.85. The minimum absolute atomic E-state index is 0.0670. The topological polar surface area (TPSA) is 54.4 Å². The zero-order valence-electron chi connectivity index (χ0n) is 15.7. The van der Waals surface area contributed by atoms with Gasteiger partial charge < -0.3 is 5.32 Å². The predicted molar refractivity (Wildman–Crippen MR) is 116 cm³/mol. The first kappa shape index (κ1) is 18.6. The predicted octanol–water partition coefficient (Wildman–Crippen LogP) is 5.81. The number of carbonyl (C=O) groups excluding carboxylic acids is 1. The van der Waals surface area contributed by atoms with Crippen molar-refractivity contribution >= 4 is 34.1 Å². The highest BCUT2D eigenvalue weighted by molar-refractivity contribution is 7.16. The average Bonchev–Trinajstić information content (AvgIpc) is 3.04. The number of benzene rings is 1. The first-order valence-electron chi connectivity index (χ1n) is 9.76. The van der Waals surface area contributed by atoms with Gasteiger partial charge in [-0.2, -0.15) is 0 Å². The molecule has 1 aliphatic carbocycles. The molecule has 3 aromatic rings. The summed E-state index contributed by atoms with van der Waals surface area (Å²) in [5.74, 6) is -0.0670. The molecule has 0 saturated heterocycles. The van der Waals surface area contributed by atoms with Crippen LogP contribution in [0.2, 0.25) is 0 Å². The van der Waals surface area contributed by atoms with E-state index >= 15 is 0 Å². The first-order chi connectivity index (χ1) is 13.8. The standard InChI is InChI=1S/C23H23N3OS/c27-22(26-18-10-4-3-5-11-18)21-19-12-6-1-2-7-13-20(19)28-23(21)25-16-17-9-8-14-24-15-17/h3-5,8-11,14-16H,1-2,6-7,12-13H2,(H,26,27). The monoisotopic (exact) mass is 389 g/mol. The van der Waals surface area contributed by atoms with Gasteiger partial charge in [0.05, 0.1) is 5.56 Å². The maximum absolute atomic E-state index is 13.2. The van der Waals surface area contributed by atoms with Crippen molar-refractivity contribution in [3.05, 3.63) is 76.4 Å². The summed E-state index contributed by atoms with van der Waals surface area (Å²) in [6.45, 7) is 0. The molecule has 142 valence electrons. The van der Waals surface area contributed by atoms with Crippen molar-refractivity contribution in [2.45, 2.75) is 38.5 Å². The van der Waals surface area contributed by atoms with Crippen molar-refractivity contribution in [2.75, 3.05) is 5.32 Å². The second-order valence-electron chi connectivity index (χ2n) is 6.96. The Labute approximate surface area is 169 Å². The van der Waals surface area contributed by atoms with Crippen LogP contribution in [0.3, 0.4) is 0 Å². The van der Waals surface area contributed by atoms with Crippen LogP contribution in [-0.4, -0.2) is 17.1 Å². The number of aliphatic imine (C=N–C) groups is 1. The van der Waals surface area contributed by atoms with Crippen LogP contribution in [0.25, 0.3) is 0 Å². The fourth-order valence-corrected chi connectivity index (χ4v) is 4.76. The molecule has 0 bridgehead atoms. The van der Waals surface area contributed by atoms with Crippen molar-refractivity contribution in [1.82, 2.24) is 4.98 Å². The Balaban J connectivity index is 1.70. The van der Waals surface area contributed by atoms with E-state index < -0.39 is 0 Å². The Morgan fingerprint density at radius 3 is 2.64 bits per heavy atom. The molecule has 1 aromatic carbocycles. The average molecular weight is 390 g/mol. The number of thiophene rings is 1. The van der Waals surface area contributed by atoms with Gasteiger partial charge in [-0.15, -0.1) is 11.3 Å². The van der Waals surface area contributed by atoms with Gasteiger partial charge >= 0.3 is 0 Å². The van der Waals surface area contributed by atoms with E-state index in [4.69, 9.17) is 4.99 Å². The van der Waals surface area contributed by atoms with Crippen LogP contribution >= 0.6 is 11.3 Å². The van der Waals surface area contributed by atoms with Gasteiger partial charge in [-0.25, -0.2) is 4.99 Å². The van der Waals surface area contributed by atoms with Gasteiger partial charge in [-0.3, -0.25) is 9.78 Å². The normalized spacial score (nSPS) is 14.3. The van der Waals surface area contributed by atoms with Crippen molar-refractivity contribution < 1.29 is 4.79 Å². The number of aryl methyl sites for hydroxylation is 1. The summed E-state index contributed by atoms with van der Waals surface area (Å²) in [6.07, 6.45) is 12.1. The zero-order valence-corrected chi connectivity index (χ0v) is 16.5. The lowest BCUT2D eigenvalue weighted by Crippen LogP contribution is -2.14. The van der Waals surface area contributed by atoms with Crippen molar-refractivity contribution in [2.24, 2.45) is 4.99 Å². The summed E-state index contributed by atoms with van der Waals surface area (Å²) < 4.78 is 0. The fourth-order valence-electron chi connectivity index (χ4n) is 3.53. The molecule has 5 heteroatoms. The number of pyridine rings is 1. The molecular formula is C23H23N3OS. The Bertz CT molecular complexity index is 964. The van der Waals surface area contributed by atoms with E-state index in [1.165, 1.54) is 29.7 Å². The number of nitrogens with one attached hydrogen (secondary N) is 1. The van der Waals surface area contributed by atoms with Crippen LogP contribution in [0.1, 0.15) is 52.0 Å². The largest absolute Gasteiger partial charge is 0.322 e. The molecule has 4 rings (SSSR count). The molecule has 4 nitrogen and oxygen atoms in total. The van der Waals surface area contributed by atoms with Gasteiger partial charge in [0, 0.05) is 34.7 Å². The van der Waals surface area contributed by atoms with E-state index in [0.717, 1.165) is 41.1 Å². The molecule has 1 aliphatic rings. The molecule has 1 N–H and O–H groups in total.